The predicted molar refractivity (Wildman–Crippen MR) is 300 cm³/mol. The summed E-state index contributed by atoms with van der Waals surface area (Å²) in [5, 5.41) is 50.8. The van der Waals surface area contributed by atoms with Gasteiger partial charge in [0.25, 0.3) is 0 Å². The van der Waals surface area contributed by atoms with Gasteiger partial charge in [0, 0.05) is 115 Å². The first-order valence-corrected chi connectivity index (χ1v) is 28.2. The van der Waals surface area contributed by atoms with Gasteiger partial charge in [0.05, 0.1) is 52.7 Å². The normalized spacial score (nSPS) is 16.5. The van der Waals surface area contributed by atoms with Gasteiger partial charge >= 0.3 is 23.9 Å². The molecule has 1 fully saturated rings. The molecular weight excluding hydrogens is 1020 g/mol. The zero-order chi connectivity index (χ0) is 59.7. The molecule has 4 amide bonds. The molecule has 0 aliphatic carbocycles. The molecule has 23 heteroatoms. The van der Waals surface area contributed by atoms with Gasteiger partial charge in [0.15, 0.2) is 0 Å². The molecule has 79 heavy (non-hydrogen) atoms. The van der Waals surface area contributed by atoms with Crippen LogP contribution in [0.15, 0.2) is 12.7 Å². The fourth-order valence-electron chi connectivity index (χ4n) is 9.15. The van der Waals surface area contributed by atoms with Gasteiger partial charge in [-0.3, -0.25) is 58.0 Å². The lowest BCUT2D eigenvalue weighted by atomic mass is 9.87. The first-order valence-electron chi connectivity index (χ1n) is 28.2. The number of carbonyl (C=O) groups is 8. The minimum atomic E-state index is -1.19. The Balaban J connectivity index is 2.78. The number of carboxylic acid groups (broad SMARTS) is 4. The highest BCUT2D eigenvalue weighted by molar-refractivity contribution is 5.87. The molecular formula is C56H102N8O15. The van der Waals surface area contributed by atoms with E-state index in [0.29, 0.717) is 58.5 Å². The highest BCUT2D eigenvalue weighted by atomic mass is 16.5. The summed E-state index contributed by atoms with van der Waals surface area (Å²) in [5.74, 6) is -5.37. The van der Waals surface area contributed by atoms with E-state index < -0.39 is 46.8 Å². The quantitative estimate of drug-likeness (QED) is 0.0321. The third-order valence-corrected chi connectivity index (χ3v) is 13.7. The van der Waals surface area contributed by atoms with Crippen LogP contribution in [0.1, 0.15) is 132 Å². The molecule has 0 bridgehead atoms. The molecule has 3 atom stereocenters. The summed E-state index contributed by atoms with van der Waals surface area (Å²) in [6, 6.07) is -1.88. The number of aliphatic carboxylic acids is 4. The van der Waals surface area contributed by atoms with Gasteiger partial charge in [0.1, 0.15) is 12.1 Å². The van der Waals surface area contributed by atoms with Crippen molar-refractivity contribution in [2.24, 2.45) is 21.7 Å². The Kier molecular flexibility index (Phi) is 34.8. The van der Waals surface area contributed by atoms with Crippen molar-refractivity contribution in [2.75, 3.05) is 132 Å². The Morgan fingerprint density at radius 3 is 1.57 bits per heavy atom. The van der Waals surface area contributed by atoms with E-state index in [-0.39, 0.29) is 146 Å². The van der Waals surface area contributed by atoms with Crippen LogP contribution in [-0.2, 0) is 52.6 Å². The van der Waals surface area contributed by atoms with Gasteiger partial charge in [-0.15, -0.1) is 6.58 Å². The second kappa shape index (κ2) is 38.0. The minimum absolute atomic E-state index is 0.0566. The van der Waals surface area contributed by atoms with Crippen LogP contribution in [0.25, 0.3) is 0 Å². The summed E-state index contributed by atoms with van der Waals surface area (Å²) in [6.07, 6.45) is 8.19. The van der Waals surface area contributed by atoms with Gasteiger partial charge in [-0.2, -0.15) is 0 Å². The van der Waals surface area contributed by atoms with Crippen molar-refractivity contribution in [2.45, 2.75) is 145 Å². The van der Waals surface area contributed by atoms with E-state index in [1.165, 1.54) is 0 Å². The van der Waals surface area contributed by atoms with Crippen molar-refractivity contribution in [3.8, 4) is 0 Å². The van der Waals surface area contributed by atoms with E-state index in [1.54, 1.807) is 26.7 Å². The highest BCUT2D eigenvalue weighted by Gasteiger charge is 2.31. The molecule has 2 unspecified atom stereocenters. The molecule has 0 radical (unpaired) electrons. The molecule has 0 aromatic carbocycles. The summed E-state index contributed by atoms with van der Waals surface area (Å²) in [6.45, 7) is 22.8. The van der Waals surface area contributed by atoms with E-state index in [1.807, 2.05) is 47.6 Å². The zero-order valence-electron chi connectivity index (χ0n) is 49.4. The standard InChI is InChI=1S/C56H102N8O15/c1-11-13-15-19-46(66)60-43(18-16-14-17-23-57-47(67)32-53(3,4)38-79-42-56(9,22-12-2)41-77-10)51(74)59-37-55(7,8)40-78-39-54(5,6)36-58-45(65)21-20-44(52(75)76)64-30-28-62(34-49(70)71)26-24-61(33-48(68)69)25-27-63(29-31-64)35-50(72)73/h12,43-44H,2,11,13-42H2,1,3-10H3,(H,57,67)(H,58,65)(H,59,74)(H,60,66)(H,68,69)(H,70,71)(H,72,73)(H,75,76)/t43-,44?,56?/m0/s1. The monoisotopic (exact) mass is 1130 g/mol. The van der Waals surface area contributed by atoms with Gasteiger partial charge < -0.3 is 55.9 Å². The molecule has 456 valence electrons. The lowest BCUT2D eigenvalue weighted by Gasteiger charge is -2.35. The maximum atomic E-state index is 13.6. The Bertz CT molecular complexity index is 1850. The van der Waals surface area contributed by atoms with Gasteiger partial charge in [-0.25, -0.2) is 0 Å². The van der Waals surface area contributed by atoms with E-state index in [2.05, 4.69) is 41.7 Å². The lowest BCUT2D eigenvalue weighted by Crippen LogP contribution is -2.52. The van der Waals surface area contributed by atoms with Gasteiger partial charge in [0.2, 0.25) is 23.6 Å². The number of hydrogen-bond acceptors (Lipinski definition) is 15. The first kappa shape index (κ1) is 72.2. The summed E-state index contributed by atoms with van der Waals surface area (Å²) in [4.78, 5) is 107. The largest absolute Gasteiger partial charge is 0.480 e. The molecule has 0 saturated carbocycles. The maximum absolute atomic E-state index is 13.6. The Morgan fingerprint density at radius 1 is 0.570 bits per heavy atom. The zero-order valence-corrected chi connectivity index (χ0v) is 49.4. The van der Waals surface area contributed by atoms with Crippen molar-refractivity contribution >= 4 is 47.5 Å². The van der Waals surface area contributed by atoms with Crippen molar-refractivity contribution in [3.63, 3.8) is 0 Å². The number of methoxy groups -OCH3 is 1. The second-order valence-electron chi connectivity index (χ2n) is 24.1. The average Bonchev–Trinajstić information content (AvgIpc) is 3.33. The maximum Gasteiger partial charge on any atom is 0.320 e. The molecule has 1 rings (SSSR count). The molecule has 1 aliphatic rings. The second-order valence-corrected chi connectivity index (χ2v) is 24.1. The number of ether oxygens (including phenoxy) is 3. The predicted octanol–water partition coefficient (Wildman–Crippen LogP) is 3.40. The number of nitrogens with zero attached hydrogens (tertiary/aromatic N) is 4. The van der Waals surface area contributed by atoms with Gasteiger partial charge in [-0.1, -0.05) is 87.1 Å². The van der Waals surface area contributed by atoms with Crippen molar-refractivity contribution in [1.29, 1.82) is 0 Å². The third kappa shape index (κ3) is 34.9. The van der Waals surface area contributed by atoms with Crippen LogP contribution in [0.5, 0.6) is 0 Å². The first-order chi connectivity index (χ1) is 37.0. The highest BCUT2D eigenvalue weighted by Crippen LogP contribution is 2.26. The summed E-state index contributed by atoms with van der Waals surface area (Å²) in [7, 11) is 1.66. The van der Waals surface area contributed by atoms with Crippen molar-refractivity contribution in [1.82, 2.24) is 40.9 Å². The SMILES string of the molecule is C=CCC(C)(COC)COCC(C)(C)CC(=O)NCCCCC[C@H](NC(=O)CCCCC)C(=O)NCC(C)(C)COCC(C)(C)CNC(=O)CCC(C(=O)O)N1CCN(CC(=O)O)CCN(CC(=O)O)CCN(CC(=O)O)CC1. The molecule has 0 aromatic rings. The molecule has 0 aromatic heterocycles. The van der Waals surface area contributed by atoms with Crippen LogP contribution in [0, 0.1) is 21.7 Å². The third-order valence-electron chi connectivity index (χ3n) is 13.7. The van der Waals surface area contributed by atoms with E-state index >= 15 is 0 Å². The summed E-state index contributed by atoms with van der Waals surface area (Å²) >= 11 is 0. The Hall–Kier alpha value is -4.78. The molecule has 1 heterocycles. The fourth-order valence-corrected chi connectivity index (χ4v) is 9.15. The summed E-state index contributed by atoms with van der Waals surface area (Å²) < 4.78 is 17.5. The topological polar surface area (TPSA) is 306 Å². The molecule has 1 saturated heterocycles. The lowest BCUT2D eigenvalue weighted by molar-refractivity contribution is -0.145. The Morgan fingerprint density at radius 2 is 1.08 bits per heavy atom. The van der Waals surface area contributed by atoms with E-state index in [4.69, 9.17) is 14.2 Å². The van der Waals surface area contributed by atoms with Crippen LogP contribution in [0.3, 0.4) is 0 Å². The van der Waals surface area contributed by atoms with Crippen LogP contribution in [-0.4, -0.2) is 231 Å². The molecule has 8 N–H and O–H groups in total. The smallest absolute Gasteiger partial charge is 0.320 e. The average molecular weight is 1130 g/mol. The number of allylic oxidation sites excluding steroid dienone is 1. The minimum Gasteiger partial charge on any atom is -0.480 e. The number of hydrogen-bond donors (Lipinski definition) is 8. The number of carboxylic acids is 4. The number of unbranched alkanes of at least 4 members (excludes halogenated alkanes) is 4. The fraction of sp³-hybridized carbons (Fsp3) is 0.821. The van der Waals surface area contributed by atoms with Crippen LogP contribution >= 0.6 is 0 Å². The van der Waals surface area contributed by atoms with Crippen LogP contribution < -0.4 is 21.3 Å². The van der Waals surface area contributed by atoms with Gasteiger partial charge in [-0.05, 0) is 37.5 Å². The molecule has 0 spiro atoms. The van der Waals surface area contributed by atoms with Crippen molar-refractivity contribution in [3.05, 3.63) is 12.7 Å². The number of amides is 4. The van der Waals surface area contributed by atoms with Crippen molar-refractivity contribution < 1.29 is 73.0 Å². The molecule has 23 nitrogen and oxygen atoms in total. The number of rotatable bonds is 41. The number of nitrogens with one attached hydrogen (secondary N) is 4. The molecule has 1 aliphatic heterocycles. The van der Waals surface area contributed by atoms with E-state index in [0.717, 1.165) is 32.1 Å². The van der Waals surface area contributed by atoms with Crippen LogP contribution in [0.2, 0.25) is 0 Å². The summed E-state index contributed by atoms with van der Waals surface area (Å²) in [5.41, 5.74) is -1.61. The van der Waals surface area contributed by atoms with Crippen LogP contribution in [0.4, 0.5) is 0 Å². The number of carbonyl (C=O) groups excluding carboxylic acids is 4. The Labute approximate surface area is 470 Å². The van der Waals surface area contributed by atoms with E-state index in [9.17, 15) is 58.8 Å².